The summed E-state index contributed by atoms with van der Waals surface area (Å²) in [5, 5.41) is 18.4. The van der Waals surface area contributed by atoms with Gasteiger partial charge in [0.25, 0.3) is 5.91 Å². The minimum atomic E-state index is -0.789. The van der Waals surface area contributed by atoms with E-state index in [-0.39, 0.29) is 24.0 Å². The fourth-order valence-corrected chi connectivity index (χ4v) is 4.41. The SMILES string of the molecule is CC(C)(C)[C@H](NC(=O)c1nn(Cc2ccc(F)cc2)c2ccccc12)C(=O)NCc1cc(C2CC2)[nH]n1. The number of fused-ring (bicyclic) bond motifs is 1. The fraction of sp³-hybridized carbons (Fsp3) is 0.357. The van der Waals surface area contributed by atoms with E-state index in [4.69, 9.17) is 0 Å². The maximum absolute atomic E-state index is 13.5. The van der Waals surface area contributed by atoms with Gasteiger partial charge in [-0.25, -0.2) is 4.39 Å². The number of hydrogen-bond donors (Lipinski definition) is 3. The molecule has 2 aromatic carbocycles. The van der Waals surface area contributed by atoms with Crippen LogP contribution in [0.5, 0.6) is 0 Å². The predicted octanol–water partition coefficient (Wildman–Crippen LogP) is 4.29. The standard InChI is InChI=1S/C28H31FN6O2/c1-28(2,3)25(27(37)30-15-20-14-22(33-32-20)18-10-11-18)31-26(36)24-21-6-4-5-7-23(21)35(34-24)16-17-8-12-19(29)13-9-17/h4-9,12-14,18,25H,10-11,15-16H2,1-3H3,(H,30,37)(H,31,36)(H,32,33)/t25-/m1/s1. The van der Waals surface area contributed by atoms with Crippen molar-refractivity contribution in [2.45, 2.75) is 58.7 Å². The molecular weight excluding hydrogens is 471 g/mol. The Balaban J connectivity index is 1.33. The third-order valence-corrected chi connectivity index (χ3v) is 6.63. The van der Waals surface area contributed by atoms with Gasteiger partial charge in [0.1, 0.15) is 11.9 Å². The second-order valence-electron chi connectivity index (χ2n) is 10.7. The topological polar surface area (TPSA) is 105 Å². The third-order valence-electron chi connectivity index (χ3n) is 6.63. The minimum absolute atomic E-state index is 0.237. The van der Waals surface area contributed by atoms with Gasteiger partial charge in [0.15, 0.2) is 5.69 Å². The number of aromatic nitrogens is 4. The number of carbonyl (C=O) groups excluding carboxylic acids is 2. The first-order valence-electron chi connectivity index (χ1n) is 12.5. The molecule has 1 saturated carbocycles. The van der Waals surface area contributed by atoms with E-state index in [1.807, 2.05) is 51.1 Å². The summed E-state index contributed by atoms with van der Waals surface area (Å²) in [7, 11) is 0. The normalized spacial score (nSPS) is 14.5. The predicted molar refractivity (Wildman–Crippen MR) is 138 cm³/mol. The van der Waals surface area contributed by atoms with Crippen molar-refractivity contribution in [3.05, 3.63) is 83.1 Å². The average molecular weight is 503 g/mol. The molecule has 2 amide bonds. The number of aromatic amines is 1. The number of hydrogen-bond acceptors (Lipinski definition) is 4. The molecule has 8 nitrogen and oxygen atoms in total. The second kappa shape index (κ2) is 9.80. The molecule has 1 aliphatic carbocycles. The molecule has 2 aromatic heterocycles. The number of para-hydroxylation sites is 1. The van der Waals surface area contributed by atoms with E-state index in [0.29, 0.717) is 17.8 Å². The van der Waals surface area contributed by atoms with E-state index >= 15 is 0 Å². The largest absolute Gasteiger partial charge is 0.349 e. The van der Waals surface area contributed by atoms with E-state index in [0.717, 1.165) is 22.5 Å². The molecule has 5 rings (SSSR count). The molecule has 0 unspecified atom stereocenters. The van der Waals surface area contributed by atoms with Crippen LogP contribution in [0.1, 0.15) is 67.0 Å². The zero-order chi connectivity index (χ0) is 26.2. The highest BCUT2D eigenvalue weighted by Gasteiger charge is 2.34. The number of benzene rings is 2. The van der Waals surface area contributed by atoms with Gasteiger partial charge in [-0.1, -0.05) is 51.1 Å². The van der Waals surface area contributed by atoms with Crippen LogP contribution in [0, 0.1) is 11.2 Å². The highest BCUT2D eigenvalue weighted by atomic mass is 19.1. The number of nitrogens with zero attached hydrogens (tertiary/aromatic N) is 3. The van der Waals surface area contributed by atoms with Gasteiger partial charge >= 0.3 is 0 Å². The van der Waals surface area contributed by atoms with E-state index in [1.165, 1.54) is 25.0 Å². The Labute approximate surface area is 214 Å². The maximum atomic E-state index is 13.5. The van der Waals surface area contributed by atoms with Crippen molar-refractivity contribution in [2.75, 3.05) is 0 Å². The highest BCUT2D eigenvalue weighted by molar-refractivity contribution is 6.06. The summed E-state index contributed by atoms with van der Waals surface area (Å²) in [6, 6.07) is 14.8. The monoisotopic (exact) mass is 502 g/mol. The van der Waals surface area contributed by atoms with E-state index in [9.17, 15) is 14.0 Å². The van der Waals surface area contributed by atoms with Gasteiger partial charge in [-0.05, 0) is 48.1 Å². The Hall–Kier alpha value is -4.01. The number of nitrogens with one attached hydrogen (secondary N) is 3. The second-order valence-corrected chi connectivity index (χ2v) is 10.7. The quantitative estimate of drug-likeness (QED) is 0.334. The van der Waals surface area contributed by atoms with Crippen molar-refractivity contribution >= 4 is 22.7 Å². The van der Waals surface area contributed by atoms with Crippen molar-refractivity contribution in [3.8, 4) is 0 Å². The summed E-state index contributed by atoms with van der Waals surface area (Å²) in [5.74, 6) is -0.473. The number of halogens is 1. The molecule has 1 fully saturated rings. The smallest absolute Gasteiger partial charge is 0.273 e. The van der Waals surface area contributed by atoms with Gasteiger partial charge in [0, 0.05) is 17.0 Å². The summed E-state index contributed by atoms with van der Waals surface area (Å²) in [4.78, 5) is 26.7. The fourth-order valence-electron chi connectivity index (χ4n) is 4.41. The van der Waals surface area contributed by atoms with Gasteiger partial charge in [-0.15, -0.1) is 0 Å². The lowest BCUT2D eigenvalue weighted by molar-refractivity contribution is -0.125. The summed E-state index contributed by atoms with van der Waals surface area (Å²) in [6.45, 7) is 6.37. The summed E-state index contributed by atoms with van der Waals surface area (Å²) in [5.41, 5.74) is 3.20. The molecular formula is C28H31FN6O2. The highest BCUT2D eigenvalue weighted by Crippen LogP contribution is 2.39. The Morgan fingerprint density at radius 1 is 1.14 bits per heavy atom. The van der Waals surface area contributed by atoms with Crippen molar-refractivity contribution in [1.82, 2.24) is 30.6 Å². The van der Waals surface area contributed by atoms with Gasteiger partial charge in [0.05, 0.1) is 24.3 Å². The van der Waals surface area contributed by atoms with Crippen LogP contribution in [0.15, 0.2) is 54.6 Å². The van der Waals surface area contributed by atoms with Crippen molar-refractivity contribution in [1.29, 1.82) is 0 Å². The van der Waals surface area contributed by atoms with Crippen LogP contribution in [0.2, 0.25) is 0 Å². The molecule has 0 aliphatic heterocycles. The lowest BCUT2D eigenvalue weighted by atomic mass is 9.86. The van der Waals surface area contributed by atoms with Crippen molar-refractivity contribution < 1.29 is 14.0 Å². The number of H-pyrrole nitrogens is 1. The molecule has 37 heavy (non-hydrogen) atoms. The molecule has 4 aromatic rings. The Morgan fingerprint density at radius 3 is 2.57 bits per heavy atom. The molecule has 3 N–H and O–H groups in total. The minimum Gasteiger partial charge on any atom is -0.349 e. The van der Waals surface area contributed by atoms with Crippen LogP contribution < -0.4 is 10.6 Å². The maximum Gasteiger partial charge on any atom is 0.273 e. The van der Waals surface area contributed by atoms with E-state index in [1.54, 1.807) is 16.8 Å². The first-order chi connectivity index (χ1) is 17.7. The molecule has 192 valence electrons. The third kappa shape index (κ3) is 5.55. The molecule has 1 atom stereocenters. The first-order valence-corrected chi connectivity index (χ1v) is 12.5. The number of amides is 2. The van der Waals surface area contributed by atoms with Crippen LogP contribution in [0.25, 0.3) is 10.9 Å². The van der Waals surface area contributed by atoms with Gasteiger partial charge in [-0.3, -0.25) is 19.4 Å². The van der Waals surface area contributed by atoms with Crippen LogP contribution in [0.4, 0.5) is 4.39 Å². The Bertz CT molecular complexity index is 1430. The van der Waals surface area contributed by atoms with Crippen molar-refractivity contribution in [2.24, 2.45) is 5.41 Å². The lowest BCUT2D eigenvalue weighted by Crippen LogP contribution is -2.53. The van der Waals surface area contributed by atoms with E-state index < -0.39 is 17.4 Å². The molecule has 0 radical (unpaired) electrons. The average Bonchev–Trinajstić information content (AvgIpc) is 3.50. The number of carbonyl (C=O) groups is 2. The lowest BCUT2D eigenvalue weighted by Gasteiger charge is -2.30. The summed E-state index contributed by atoms with van der Waals surface area (Å²) >= 11 is 0. The first kappa shape index (κ1) is 24.7. The molecule has 0 saturated heterocycles. The van der Waals surface area contributed by atoms with E-state index in [2.05, 4.69) is 25.9 Å². The van der Waals surface area contributed by atoms with Crippen LogP contribution in [0.3, 0.4) is 0 Å². The molecule has 0 spiro atoms. The number of rotatable bonds is 8. The Kier molecular flexibility index (Phi) is 6.54. The molecule has 9 heteroatoms. The molecule has 1 aliphatic rings. The zero-order valence-corrected chi connectivity index (χ0v) is 21.2. The van der Waals surface area contributed by atoms with Crippen LogP contribution in [-0.4, -0.2) is 37.8 Å². The van der Waals surface area contributed by atoms with Crippen LogP contribution >= 0.6 is 0 Å². The summed E-state index contributed by atoms with van der Waals surface area (Å²) in [6.07, 6.45) is 2.33. The summed E-state index contributed by atoms with van der Waals surface area (Å²) < 4.78 is 15.1. The van der Waals surface area contributed by atoms with Gasteiger partial charge in [-0.2, -0.15) is 10.2 Å². The molecule has 2 heterocycles. The zero-order valence-electron chi connectivity index (χ0n) is 21.2. The van der Waals surface area contributed by atoms with Gasteiger partial charge < -0.3 is 10.6 Å². The Morgan fingerprint density at radius 2 is 1.86 bits per heavy atom. The van der Waals surface area contributed by atoms with Gasteiger partial charge in [0.2, 0.25) is 5.91 Å². The van der Waals surface area contributed by atoms with Crippen molar-refractivity contribution in [3.63, 3.8) is 0 Å². The van der Waals surface area contributed by atoms with Crippen LogP contribution in [-0.2, 0) is 17.9 Å². The molecule has 0 bridgehead atoms.